The fraction of sp³-hybridized carbons (Fsp3) is 0.300. The third kappa shape index (κ3) is 5.64. The molecule has 132 valence electrons. The summed E-state index contributed by atoms with van der Waals surface area (Å²) in [6.07, 6.45) is 1.38. The van der Waals surface area contributed by atoms with Crippen molar-refractivity contribution in [2.24, 2.45) is 0 Å². The number of phenolic OH excluding ortho intramolecular Hbond substituents is 1. The van der Waals surface area contributed by atoms with Gasteiger partial charge in [-0.1, -0.05) is 43.3 Å². The number of benzene rings is 2. The van der Waals surface area contributed by atoms with Crippen molar-refractivity contribution < 1.29 is 14.7 Å². The molecular weight excluding hydrogens is 316 g/mol. The van der Waals surface area contributed by atoms with Gasteiger partial charge in [0.25, 0.3) is 5.91 Å². The molecule has 0 fully saturated rings. The molecule has 0 aliphatic carbocycles. The highest BCUT2D eigenvalue weighted by Gasteiger charge is 2.17. The summed E-state index contributed by atoms with van der Waals surface area (Å²) in [4.78, 5) is 24.2. The maximum Gasteiger partial charge on any atom is 0.251 e. The molecule has 0 aromatic heterocycles. The first-order valence-corrected chi connectivity index (χ1v) is 8.51. The Morgan fingerprint density at radius 1 is 1.00 bits per heavy atom. The van der Waals surface area contributed by atoms with E-state index in [0.29, 0.717) is 25.1 Å². The van der Waals surface area contributed by atoms with E-state index in [1.165, 1.54) is 12.1 Å². The largest absolute Gasteiger partial charge is 0.508 e. The molecule has 0 saturated carbocycles. The molecule has 2 aromatic rings. The molecule has 0 bridgehead atoms. The van der Waals surface area contributed by atoms with Crippen LogP contribution in [0.4, 0.5) is 0 Å². The number of rotatable bonds is 8. The molecule has 2 rings (SSSR count). The minimum absolute atomic E-state index is 0.00742. The predicted molar refractivity (Wildman–Crippen MR) is 97.5 cm³/mol. The molecule has 0 saturated heterocycles. The number of carbonyl (C=O) groups excluding carboxylic acids is 2. The Morgan fingerprint density at radius 2 is 1.72 bits per heavy atom. The summed E-state index contributed by atoms with van der Waals surface area (Å²) in [5.74, 6) is -0.319. The van der Waals surface area contributed by atoms with Crippen LogP contribution in [0.3, 0.4) is 0 Å². The third-order valence-electron chi connectivity index (χ3n) is 3.97. The second-order valence-electron chi connectivity index (χ2n) is 5.82. The van der Waals surface area contributed by atoms with Crippen molar-refractivity contribution in [3.63, 3.8) is 0 Å². The molecule has 0 heterocycles. The number of carbonyl (C=O) groups is 2. The van der Waals surface area contributed by atoms with Gasteiger partial charge in [0.1, 0.15) is 5.75 Å². The van der Waals surface area contributed by atoms with Gasteiger partial charge in [-0.15, -0.1) is 0 Å². The van der Waals surface area contributed by atoms with Gasteiger partial charge in [0.05, 0.1) is 5.92 Å². The fourth-order valence-corrected chi connectivity index (χ4v) is 2.63. The number of phenols is 1. The lowest BCUT2D eigenvalue weighted by Crippen LogP contribution is -2.32. The molecule has 5 heteroatoms. The van der Waals surface area contributed by atoms with Gasteiger partial charge in [-0.05, 0) is 36.6 Å². The number of nitrogens with one attached hydrogen (secondary N) is 2. The van der Waals surface area contributed by atoms with E-state index in [9.17, 15) is 14.7 Å². The van der Waals surface area contributed by atoms with Gasteiger partial charge in [0.15, 0.2) is 0 Å². The lowest BCUT2D eigenvalue weighted by Gasteiger charge is -2.15. The summed E-state index contributed by atoms with van der Waals surface area (Å²) >= 11 is 0. The van der Waals surface area contributed by atoms with Gasteiger partial charge in [-0.2, -0.15) is 0 Å². The molecule has 1 unspecified atom stereocenters. The van der Waals surface area contributed by atoms with Crippen LogP contribution in [0, 0.1) is 0 Å². The molecule has 2 amide bonds. The Morgan fingerprint density at radius 3 is 2.40 bits per heavy atom. The third-order valence-corrected chi connectivity index (χ3v) is 3.97. The minimum atomic E-state index is -0.238. The van der Waals surface area contributed by atoms with Gasteiger partial charge < -0.3 is 15.7 Å². The highest BCUT2D eigenvalue weighted by Crippen LogP contribution is 2.19. The van der Waals surface area contributed by atoms with Crippen molar-refractivity contribution in [2.45, 2.75) is 25.7 Å². The zero-order chi connectivity index (χ0) is 18.1. The molecule has 1 atom stereocenters. The molecular formula is C20H24N2O3. The van der Waals surface area contributed by atoms with Crippen molar-refractivity contribution in [1.29, 1.82) is 0 Å². The van der Waals surface area contributed by atoms with E-state index in [2.05, 4.69) is 10.6 Å². The zero-order valence-corrected chi connectivity index (χ0v) is 14.4. The Balaban J connectivity index is 1.72. The highest BCUT2D eigenvalue weighted by atomic mass is 16.3. The number of aromatic hydroxyl groups is 1. The lowest BCUT2D eigenvalue weighted by molar-refractivity contribution is -0.122. The van der Waals surface area contributed by atoms with Crippen LogP contribution in [0.1, 0.15) is 41.6 Å². The van der Waals surface area contributed by atoms with Crippen LogP contribution < -0.4 is 10.6 Å². The normalized spacial score (nSPS) is 11.6. The van der Waals surface area contributed by atoms with Crippen LogP contribution in [0.2, 0.25) is 0 Å². The molecule has 0 spiro atoms. The van der Waals surface area contributed by atoms with Gasteiger partial charge in [0.2, 0.25) is 5.91 Å². The van der Waals surface area contributed by atoms with E-state index in [1.807, 2.05) is 37.3 Å². The van der Waals surface area contributed by atoms with Gasteiger partial charge >= 0.3 is 0 Å². The predicted octanol–water partition coefficient (Wildman–Crippen LogP) is 2.82. The SMILES string of the molecule is CCC(C(=O)NCCCNC(=O)c1cccc(O)c1)c1ccccc1. The minimum Gasteiger partial charge on any atom is -0.508 e. The first-order valence-electron chi connectivity index (χ1n) is 8.51. The molecule has 0 aliphatic heterocycles. The summed E-state index contributed by atoms with van der Waals surface area (Å²) in [7, 11) is 0. The molecule has 0 aliphatic rings. The lowest BCUT2D eigenvalue weighted by atomic mass is 9.96. The van der Waals surface area contributed by atoms with E-state index in [0.717, 1.165) is 12.0 Å². The molecule has 3 N–H and O–H groups in total. The van der Waals surface area contributed by atoms with Crippen LogP contribution >= 0.6 is 0 Å². The van der Waals surface area contributed by atoms with Crippen LogP contribution in [0.25, 0.3) is 0 Å². The van der Waals surface area contributed by atoms with Crippen molar-refractivity contribution in [3.8, 4) is 5.75 Å². The van der Waals surface area contributed by atoms with E-state index in [-0.39, 0.29) is 23.5 Å². The van der Waals surface area contributed by atoms with Gasteiger partial charge in [-0.3, -0.25) is 9.59 Å². The summed E-state index contributed by atoms with van der Waals surface area (Å²) in [6, 6.07) is 15.9. The quantitative estimate of drug-likeness (QED) is 0.647. The topological polar surface area (TPSA) is 78.4 Å². The first-order chi connectivity index (χ1) is 12.1. The Bertz CT molecular complexity index is 701. The van der Waals surface area contributed by atoms with E-state index in [1.54, 1.807) is 12.1 Å². The summed E-state index contributed by atoms with van der Waals surface area (Å²) in [5, 5.41) is 15.1. The second-order valence-corrected chi connectivity index (χ2v) is 5.82. The maximum absolute atomic E-state index is 12.3. The second kappa shape index (κ2) is 9.47. The summed E-state index contributed by atoms with van der Waals surface area (Å²) in [6.45, 7) is 2.95. The van der Waals surface area contributed by atoms with Crippen LogP contribution in [-0.2, 0) is 4.79 Å². The van der Waals surface area contributed by atoms with Crippen LogP contribution in [-0.4, -0.2) is 30.0 Å². The number of hydrogen-bond acceptors (Lipinski definition) is 3. The molecule has 2 aromatic carbocycles. The van der Waals surface area contributed by atoms with Gasteiger partial charge in [0, 0.05) is 18.7 Å². The first kappa shape index (κ1) is 18.5. The average molecular weight is 340 g/mol. The average Bonchev–Trinajstić information content (AvgIpc) is 2.63. The molecule has 25 heavy (non-hydrogen) atoms. The van der Waals surface area contributed by atoms with E-state index >= 15 is 0 Å². The number of amides is 2. The van der Waals surface area contributed by atoms with Crippen LogP contribution in [0.5, 0.6) is 5.75 Å². The summed E-state index contributed by atoms with van der Waals surface area (Å²) in [5.41, 5.74) is 1.43. The van der Waals surface area contributed by atoms with Crippen molar-refractivity contribution in [1.82, 2.24) is 10.6 Å². The smallest absolute Gasteiger partial charge is 0.251 e. The van der Waals surface area contributed by atoms with Crippen molar-refractivity contribution >= 4 is 11.8 Å². The highest BCUT2D eigenvalue weighted by molar-refractivity contribution is 5.94. The van der Waals surface area contributed by atoms with Gasteiger partial charge in [-0.25, -0.2) is 0 Å². The van der Waals surface area contributed by atoms with E-state index < -0.39 is 0 Å². The molecule has 5 nitrogen and oxygen atoms in total. The Hall–Kier alpha value is -2.82. The summed E-state index contributed by atoms with van der Waals surface area (Å²) < 4.78 is 0. The van der Waals surface area contributed by atoms with Crippen LogP contribution in [0.15, 0.2) is 54.6 Å². The van der Waals surface area contributed by atoms with Crippen molar-refractivity contribution in [3.05, 3.63) is 65.7 Å². The maximum atomic E-state index is 12.3. The standard InChI is InChI=1S/C20H24N2O3/c1-2-18(15-8-4-3-5-9-15)20(25)22-13-7-12-21-19(24)16-10-6-11-17(23)14-16/h3-6,8-11,14,18,23H,2,7,12-13H2,1H3,(H,21,24)(H,22,25). The Labute approximate surface area is 148 Å². The van der Waals surface area contributed by atoms with E-state index in [4.69, 9.17) is 0 Å². The Kier molecular flexibility index (Phi) is 7.01. The fourth-order valence-electron chi connectivity index (χ4n) is 2.63. The number of hydrogen-bond donors (Lipinski definition) is 3. The molecule has 0 radical (unpaired) electrons. The zero-order valence-electron chi connectivity index (χ0n) is 14.4. The van der Waals surface area contributed by atoms with Crippen molar-refractivity contribution in [2.75, 3.05) is 13.1 Å². The monoisotopic (exact) mass is 340 g/mol.